The molecule has 1 rings (SSSR count). The highest BCUT2D eigenvalue weighted by molar-refractivity contribution is 4.84. The molecule has 0 spiro atoms. The summed E-state index contributed by atoms with van der Waals surface area (Å²) in [6, 6.07) is 0.651. The van der Waals surface area contributed by atoms with Gasteiger partial charge in [-0.1, -0.05) is 6.42 Å². The molecule has 1 unspecified atom stereocenters. The van der Waals surface area contributed by atoms with Gasteiger partial charge in [-0.2, -0.15) is 0 Å². The number of ether oxygens (including phenoxy) is 1. The van der Waals surface area contributed by atoms with Gasteiger partial charge in [0, 0.05) is 18.1 Å². The lowest BCUT2D eigenvalue weighted by molar-refractivity contribution is -0.0513. The van der Waals surface area contributed by atoms with Crippen LogP contribution in [0.2, 0.25) is 0 Å². The maximum absolute atomic E-state index is 5.53. The van der Waals surface area contributed by atoms with Gasteiger partial charge in [-0.05, 0) is 47.2 Å². The second-order valence-electron chi connectivity index (χ2n) is 5.54. The van der Waals surface area contributed by atoms with Crippen molar-refractivity contribution in [2.75, 3.05) is 33.4 Å². The van der Waals surface area contributed by atoms with E-state index in [1.807, 2.05) is 7.05 Å². The summed E-state index contributed by atoms with van der Waals surface area (Å²) in [5.74, 6) is 0. The number of hydrogen-bond acceptors (Lipinski definition) is 3. The molecule has 0 saturated carbocycles. The Morgan fingerprint density at radius 3 is 2.75 bits per heavy atom. The topological polar surface area (TPSA) is 24.5 Å². The second kappa shape index (κ2) is 6.58. The van der Waals surface area contributed by atoms with Gasteiger partial charge in [0.05, 0.1) is 13.2 Å². The maximum atomic E-state index is 5.53. The SMILES string of the molecule is CNC(C)CCCCN1CCOCC1(C)C. The standard InChI is InChI=1S/C13H28N2O/c1-12(14-4)7-5-6-8-15-9-10-16-11-13(15,2)3/h12,14H,5-11H2,1-4H3. The fraction of sp³-hybridized carbons (Fsp3) is 1.00. The molecule has 0 radical (unpaired) electrons. The number of morpholine rings is 1. The van der Waals surface area contributed by atoms with E-state index >= 15 is 0 Å². The molecule has 1 fully saturated rings. The monoisotopic (exact) mass is 228 g/mol. The van der Waals surface area contributed by atoms with Crippen LogP contribution in [-0.2, 0) is 4.74 Å². The molecular weight excluding hydrogens is 200 g/mol. The van der Waals surface area contributed by atoms with E-state index in [1.54, 1.807) is 0 Å². The van der Waals surface area contributed by atoms with Crippen molar-refractivity contribution in [3.63, 3.8) is 0 Å². The van der Waals surface area contributed by atoms with E-state index in [1.165, 1.54) is 25.8 Å². The Morgan fingerprint density at radius 2 is 2.12 bits per heavy atom. The fourth-order valence-electron chi connectivity index (χ4n) is 2.20. The van der Waals surface area contributed by atoms with Gasteiger partial charge in [-0.15, -0.1) is 0 Å². The summed E-state index contributed by atoms with van der Waals surface area (Å²) in [7, 11) is 2.04. The summed E-state index contributed by atoms with van der Waals surface area (Å²) >= 11 is 0. The van der Waals surface area contributed by atoms with Crippen LogP contribution in [0.3, 0.4) is 0 Å². The Hall–Kier alpha value is -0.120. The first-order valence-corrected chi connectivity index (χ1v) is 6.56. The van der Waals surface area contributed by atoms with E-state index in [4.69, 9.17) is 4.74 Å². The third-order valence-corrected chi connectivity index (χ3v) is 3.62. The van der Waals surface area contributed by atoms with Crippen LogP contribution in [0.25, 0.3) is 0 Å². The minimum absolute atomic E-state index is 0.229. The first kappa shape index (κ1) is 13.9. The highest BCUT2D eigenvalue weighted by Crippen LogP contribution is 2.19. The minimum Gasteiger partial charge on any atom is -0.378 e. The molecule has 1 atom stereocenters. The van der Waals surface area contributed by atoms with Crippen molar-refractivity contribution in [2.24, 2.45) is 0 Å². The molecule has 0 aromatic heterocycles. The van der Waals surface area contributed by atoms with Crippen molar-refractivity contribution in [1.82, 2.24) is 10.2 Å². The van der Waals surface area contributed by atoms with Gasteiger partial charge < -0.3 is 10.1 Å². The van der Waals surface area contributed by atoms with E-state index in [2.05, 4.69) is 31.0 Å². The van der Waals surface area contributed by atoms with Crippen LogP contribution in [0.1, 0.15) is 40.0 Å². The van der Waals surface area contributed by atoms with Crippen LogP contribution in [0.5, 0.6) is 0 Å². The molecule has 96 valence electrons. The van der Waals surface area contributed by atoms with Crippen LogP contribution in [0, 0.1) is 0 Å². The van der Waals surface area contributed by atoms with Crippen molar-refractivity contribution >= 4 is 0 Å². The van der Waals surface area contributed by atoms with Crippen molar-refractivity contribution < 1.29 is 4.74 Å². The second-order valence-corrected chi connectivity index (χ2v) is 5.54. The number of rotatable bonds is 6. The number of nitrogens with one attached hydrogen (secondary N) is 1. The Labute approximate surface area is 101 Å². The number of nitrogens with zero attached hydrogens (tertiary/aromatic N) is 1. The van der Waals surface area contributed by atoms with Crippen LogP contribution in [-0.4, -0.2) is 49.8 Å². The van der Waals surface area contributed by atoms with Gasteiger partial charge >= 0.3 is 0 Å². The number of unbranched alkanes of at least 4 members (excludes halogenated alkanes) is 1. The largest absolute Gasteiger partial charge is 0.378 e. The molecular formula is C13H28N2O. The molecule has 1 N–H and O–H groups in total. The minimum atomic E-state index is 0.229. The van der Waals surface area contributed by atoms with E-state index in [-0.39, 0.29) is 5.54 Å². The smallest absolute Gasteiger partial charge is 0.0645 e. The fourth-order valence-corrected chi connectivity index (χ4v) is 2.20. The Balaban J connectivity index is 2.16. The highest BCUT2D eigenvalue weighted by Gasteiger charge is 2.29. The van der Waals surface area contributed by atoms with Crippen molar-refractivity contribution in [3.05, 3.63) is 0 Å². The van der Waals surface area contributed by atoms with Gasteiger partial charge in [0.1, 0.15) is 0 Å². The van der Waals surface area contributed by atoms with E-state index < -0.39 is 0 Å². The lowest BCUT2D eigenvalue weighted by atomic mass is 10.0. The van der Waals surface area contributed by atoms with E-state index in [0.717, 1.165) is 19.8 Å². The molecule has 0 bridgehead atoms. The molecule has 1 heterocycles. The van der Waals surface area contributed by atoms with Crippen molar-refractivity contribution in [3.8, 4) is 0 Å². The van der Waals surface area contributed by atoms with Gasteiger partial charge in [-0.3, -0.25) is 4.90 Å². The Morgan fingerprint density at radius 1 is 1.38 bits per heavy atom. The molecule has 16 heavy (non-hydrogen) atoms. The maximum Gasteiger partial charge on any atom is 0.0645 e. The third-order valence-electron chi connectivity index (χ3n) is 3.62. The predicted molar refractivity (Wildman–Crippen MR) is 68.8 cm³/mol. The first-order chi connectivity index (χ1) is 7.56. The summed E-state index contributed by atoms with van der Waals surface area (Å²) in [5.41, 5.74) is 0.229. The lowest BCUT2D eigenvalue weighted by Gasteiger charge is -2.42. The summed E-state index contributed by atoms with van der Waals surface area (Å²) in [6.07, 6.45) is 3.90. The molecule has 1 aliphatic rings. The molecule has 1 saturated heterocycles. The van der Waals surface area contributed by atoms with Crippen LogP contribution < -0.4 is 5.32 Å². The predicted octanol–water partition coefficient (Wildman–Crippen LogP) is 1.88. The molecule has 0 aromatic carbocycles. The zero-order valence-corrected chi connectivity index (χ0v) is 11.4. The molecule has 3 nitrogen and oxygen atoms in total. The molecule has 1 aliphatic heterocycles. The summed E-state index contributed by atoms with van der Waals surface area (Å²) in [4.78, 5) is 2.57. The van der Waals surface area contributed by atoms with Gasteiger partial charge in [0.25, 0.3) is 0 Å². The lowest BCUT2D eigenvalue weighted by Crippen LogP contribution is -2.53. The summed E-state index contributed by atoms with van der Waals surface area (Å²) in [6.45, 7) is 10.9. The molecule has 0 aliphatic carbocycles. The third kappa shape index (κ3) is 4.40. The van der Waals surface area contributed by atoms with Gasteiger partial charge in [0.15, 0.2) is 0 Å². The molecule has 3 heteroatoms. The van der Waals surface area contributed by atoms with Crippen LogP contribution in [0.4, 0.5) is 0 Å². The quantitative estimate of drug-likeness (QED) is 0.703. The van der Waals surface area contributed by atoms with Crippen molar-refractivity contribution in [2.45, 2.75) is 51.6 Å². The Kier molecular flexibility index (Phi) is 5.73. The van der Waals surface area contributed by atoms with Crippen LogP contribution in [0.15, 0.2) is 0 Å². The highest BCUT2D eigenvalue weighted by atomic mass is 16.5. The molecule has 0 aromatic rings. The average Bonchev–Trinajstić information content (AvgIpc) is 2.25. The first-order valence-electron chi connectivity index (χ1n) is 6.56. The summed E-state index contributed by atoms with van der Waals surface area (Å²) < 4.78 is 5.53. The van der Waals surface area contributed by atoms with Gasteiger partial charge in [0.2, 0.25) is 0 Å². The van der Waals surface area contributed by atoms with E-state index in [9.17, 15) is 0 Å². The van der Waals surface area contributed by atoms with E-state index in [0.29, 0.717) is 6.04 Å². The van der Waals surface area contributed by atoms with Gasteiger partial charge in [-0.25, -0.2) is 0 Å². The normalized spacial score (nSPS) is 23.2. The van der Waals surface area contributed by atoms with Crippen LogP contribution >= 0.6 is 0 Å². The summed E-state index contributed by atoms with van der Waals surface area (Å²) in [5, 5.41) is 3.29. The Bertz CT molecular complexity index is 194. The number of hydrogen-bond donors (Lipinski definition) is 1. The van der Waals surface area contributed by atoms with Crippen molar-refractivity contribution in [1.29, 1.82) is 0 Å². The zero-order chi connectivity index (χ0) is 12.0. The molecule has 0 amide bonds. The average molecular weight is 228 g/mol. The zero-order valence-electron chi connectivity index (χ0n) is 11.4.